The van der Waals surface area contributed by atoms with Gasteiger partial charge in [0.25, 0.3) is 11.5 Å². The topological polar surface area (TPSA) is 100 Å². The number of nitrogens with one attached hydrogen (secondary N) is 1. The SMILES string of the molecule is CC[C@H](C)Oc1nc2nn(C34COC(C)(C3)C4)cc2cc1C(=O)Nc1cccn(C2CC2)c1=O. The van der Waals surface area contributed by atoms with Gasteiger partial charge in [0.2, 0.25) is 5.88 Å². The smallest absolute Gasteiger partial charge is 0.274 e. The highest BCUT2D eigenvalue weighted by Crippen LogP contribution is 2.55. The first-order valence-electron chi connectivity index (χ1n) is 12.0. The summed E-state index contributed by atoms with van der Waals surface area (Å²) in [5, 5.41) is 8.26. The molecule has 9 nitrogen and oxygen atoms in total. The van der Waals surface area contributed by atoms with Gasteiger partial charge in [-0.15, -0.1) is 0 Å². The zero-order chi connectivity index (χ0) is 23.7. The predicted octanol–water partition coefficient (Wildman–Crippen LogP) is 3.64. The van der Waals surface area contributed by atoms with Crippen molar-refractivity contribution in [2.75, 3.05) is 11.9 Å². The summed E-state index contributed by atoms with van der Waals surface area (Å²) in [6.07, 6.45) is 8.14. The highest BCUT2D eigenvalue weighted by Gasteiger charge is 2.61. The first-order valence-corrected chi connectivity index (χ1v) is 12.0. The number of rotatable bonds is 7. The molecule has 34 heavy (non-hydrogen) atoms. The van der Waals surface area contributed by atoms with Gasteiger partial charge in [-0.2, -0.15) is 10.1 Å². The Hall–Kier alpha value is -3.20. The molecular formula is C25H29N5O4. The maximum atomic E-state index is 13.3. The quantitative estimate of drug-likeness (QED) is 0.574. The molecule has 3 aromatic heterocycles. The standard InChI is InChI=1S/C25H29N5O4/c1-4-15(2)34-22-18(21(31)26-19-6-5-9-29(23(19)32)17-7-8-17)10-16-11-30(28-20(16)27-22)25-12-24(3,13-25)33-14-25/h5-6,9-11,15,17H,4,7-8,12-14H2,1-3H3,(H,26,31)/t15-,24?,25?/m0/s1. The molecule has 178 valence electrons. The Labute approximate surface area is 197 Å². The lowest BCUT2D eigenvalue weighted by Crippen LogP contribution is -2.49. The number of fused-ring (bicyclic) bond motifs is 2. The number of amides is 1. The number of ether oxygens (including phenoxy) is 2. The number of pyridine rings is 2. The molecule has 4 aliphatic rings. The maximum absolute atomic E-state index is 13.3. The fourth-order valence-corrected chi connectivity index (χ4v) is 5.23. The Morgan fingerprint density at radius 1 is 1.38 bits per heavy atom. The number of anilines is 1. The van der Waals surface area contributed by atoms with E-state index < -0.39 is 5.91 Å². The van der Waals surface area contributed by atoms with Gasteiger partial charge in [-0.25, -0.2) is 0 Å². The Kier molecular flexibility index (Phi) is 4.64. The summed E-state index contributed by atoms with van der Waals surface area (Å²) in [5.74, 6) is -0.202. The normalized spacial score (nSPS) is 26.3. The number of carbonyl (C=O) groups excluding carboxylic acids is 1. The van der Waals surface area contributed by atoms with Crippen molar-refractivity contribution in [3.63, 3.8) is 0 Å². The molecule has 5 heterocycles. The van der Waals surface area contributed by atoms with Gasteiger partial charge in [0, 0.05) is 36.7 Å². The largest absolute Gasteiger partial charge is 0.474 e. The van der Waals surface area contributed by atoms with Crippen molar-refractivity contribution in [2.45, 2.75) is 76.2 Å². The van der Waals surface area contributed by atoms with Crippen LogP contribution in [0.5, 0.6) is 5.88 Å². The second-order valence-electron chi connectivity index (χ2n) is 10.3. The van der Waals surface area contributed by atoms with Crippen LogP contribution in [0.25, 0.3) is 11.0 Å². The van der Waals surface area contributed by atoms with E-state index in [0.29, 0.717) is 12.3 Å². The second-order valence-corrected chi connectivity index (χ2v) is 10.3. The van der Waals surface area contributed by atoms with E-state index in [-0.39, 0.29) is 46.0 Å². The number of hydrogen-bond donors (Lipinski definition) is 1. The summed E-state index contributed by atoms with van der Waals surface area (Å²) in [6, 6.07) is 5.40. The van der Waals surface area contributed by atoms with Crippen molar-refractivity contribution >= 4 is 22.6 Å². The number of nitrogens with zero attached hydrogens (tertiary/aromatic N) is 4. The minimum Gasteiger partial charge on any atom is -0.474 e. The van der Waals surface area contributed by atoms with Crippen LogP contribution < -0.4 is 15.6 Å². The van der Waals surface area contributed by atoms with Gasteiger partial charge < -0.3 is 19.4 Å². The van der Waals surface area contributed by atoms with Crippen LogP contribution >= 0.6 is 0 Å². The summed E-state index contributed by atoms with van der Waals surface area (Å²) < 4.78 is 15.6. The molecular weight excluding hydrogens is 434 g/mol. The summed E-state index contributed by atoms with van der Waals surface area (Å²) in [7, 11) is 0. The Morgan fingerprint density at radius 2 is 2.18 bits per heavy atom. The van der Waals surface area contributed by atoms with Crippen molar-refractivity contribution in [1.29, 1.82) is 0 Å². The molecule has 0 spiro atoms. The molecule has 2 aliphatic carbocycles. The molecule has 0 aromatic carbocycles. The van der Waals surface area contributed by atoms with Gasteiger partial charge in [-0.05, 0) is 51.3 Å². The Morgan fingerprint density at radius 3 is 2.85 bits per heavy atom. The fourth-order valence-electron chi connectivity index (χ4n) is 5.23. The highest BCUT2D eigenvalue weighted by molar-refractivity contribution is 6.07. The molecule has 9 heteroatoms. The van der Waals surface area contributed by atoms with Gasteiger partial charge in [-0.3, -0.25) is 14.3 Å². The zero-order valence-electron chi connectivity index (χ0n) is 19.7. The van der Waals surface area contributed by atoms with Crippen LogP contribution in [0, 0.1) is 0 Å². The van der Waals surface area contributed by atoms with E-state index in [1.807, 2.05) is 24.7 Å². The Bertz CT molecular complexity index is 1350. The third-order valence-electron chi connectivity index (χ3n) is 7.34. The van der Waals surface area contributed by atoms with Crippen molar-refractivity contribution in [2.24, 2.45) is 0 Å². The summed E-state index contributed by atoms with van der Waals surface area (Å²) >= 11 is 0. The summed E-state index contributed by atoms with van der Waals surface area (Å²) in [5.41, 5.74) is 0.656. The molecule has 1 atom stereocenters. The zero-order valence-corrected chi connectivity index (χ0v) is 19.7. The molecule has 4 fully saturated rings. The average molecular weight is 464 g/mol. The molecule has 2 saturated heterocycles. The third-order valence-corrected chi connectivity index (χ3v) is 7.34. The number of carbonyl (C=O) groups is 1. The molecule has 2 saturated carbocycles. The number of hydrogen-bond acceptors (Lipinski definition) is 6. The van der Waals surface area contributed by atoms with Gasteiger partial charge in [0.05, 0.1) is 23.9 Å². The van der Waals surface area contributed by atoms with Crippen molar-refractivity contribution < 1.29 is 14.3 Å². The molecule has 7 rings (SSSR count). The Balaban J connectivity index is 1.36. The van der Waals surface area contributed by atoms with Crippen LogP contribution in [0.3, 0.4) is 0 Å². The molecule has 1 amide bonds. The molecule has 2 aliphatic heterocycles. The summed E-state index contributed by atoms with van der Waals surface area (Å²) in [6.45, 7) is 6.69. The van der Waals surface area contributed by atoms with Crippen LogP contribution in [0.4, 0.5) is 5.69 Å². The first-order chi connectivity index (χ1) is 16.3. The van der Waals surface area contributed by atoms with E-state index in [1.165, 1.54) is 0 Å². The van der Waals surface area contributed by atoms with Crippen LogP contribution in [0.1, 0.15) is 69.3 Å². The van der Waals surface area contributed by atoms with E-state index in [2.05, 4.69) is 17.2 Å². The van der Waals surface area contributed by atoms with Gasteiger partial charge in [-0.1, -0.05) is 6.92 Å². The van der Waals surface area contributed by atoms with Crippen LogP contribution in [0.15, 0.2) is 35.4 Å². The summed E-state index contributed by atoms with van der Waals surface area (Å²) in [4.78, 5) is 30.8. The van der Waals surface area contributed by atoms with E-state index in [9.17, 15) is 9.59 Å². The second kappa shape index (κ2) is 7.40. The number of aromatic nitrogens is 4. The molecule has 0 unspecified atom stereocenters. The van der Waals surface area contributed by atoms with Gasteiger partial charge in [0.15, 0.2) is 5.65 Å². The van der Waals surface area contributed by atoms with Crippen LogP contribution in [0.2, 0.25) is 0 Å². The minimum atomic E-state index is -0.426. The lowest BCUT2D eigenvalue weighted by molar-refractivity contribution is 0.00381. The van der Waals surface area contributed by atoms with Gasteiger partial charge in [0.1, 0.15) is 11.3 Å². The van der Waals surface area contributed by atoms with Crippen molar-refractivity contribution in [1.82, 2.24) is 19.3 Å². The minimum absolute atomic E-state index is 0.0650. The highest BCUT2D eigenvalue weighted by atomic mass is 16.5. The van der Waals surface area contributed by atoms with Crippen LogP contribution in [-0.4, -0.2) is 43.6 Å². The molecule has 3 aromatic rings. The molecule has 1 N–H and O–H groups in total. The lowest BCUT2D eigenvalue weighted by atomic mass is 9.69. The van der Waals surface area contributed by atoms with Crippen molar-refractivity contribution in [3.8, 4) is 5.88 Å². The van der Waals surface area contributed by atoms with E-state index in [0.717, 1.165) is 37.5 Å². The van der Waals surface area contributed by atoms with Crippen LogP contribution in [-0.2, 0) is 10.3 Å². The average Bonchev–Trinajstić information content (AvgIpc) is 3.33. The van der Waals surface area contributed by atoms with Gasteiger partial charge >= 0.3 is 0 Å². The molecule has 0 radical (unpaired) electrons. The van der Waals surface area contributed by atoms with E-state index in [1.54, 1.807) is 29.0 Å². The van der Waals surface area contributed by atoms with E-state index >= 15 is 0 Å². The van der Waals surface area contributed by atoms with E-state index in [4.69, 9.17) is 14.6 Å². The van der Waals surface area contributed by atoms with Crippen molar-refractivity contribution in [3.05, 3.63) is 46.5 Å². The third kappa shape index (κ3) is 3.41. The fraction of sp³-hybridized carbons (Fsp3) is 0.520. The predicted molar refractivity (Wildman–Crippen MR) is 126 cm³/mol. The molecule has 2 bridgehead atoms. The lowest BCUT2D eigenvalue weighted by Gasteiger charge is -2.42. The monoisotopic (exact) mass is 463 g/mol. The first kappa shape index (κ1) is 21.3. The maximum Gasteiger partial charge on any atom is 0.274 e.